The largest absolute Gasteiger partial charge is 0.306 e. The van der Waals surface area contributed by atoms with Crippen LogP contribution in [0.4, 0.5) is 11.4 Å². The van der Waals surface area contributed by atoms with Gasteiger partial charge < -0.3 is 9.80 Å². The maximum atomic E-state index is 13.5. The van der Waals surface area contributed by atoms with E-state index in [1.807, 2.05) is 61.5 Å². The molecule has 0 saturated heterocycles. The Hall–Kier alpha value is -3.47. The quantitative estimate of drug-likeness (QED) is 0.638. The second-order valence-electron chi connectivity index (χ2n) is 7.01. The van der Waals surface area contributed by atoms with Crippen LogP contribution in [0, 0.1) is 0 Å². The second-order valence-corrected chi connectivity index (χ2v) is 7.01. The number of nitrogens with zero attached hydrogens (tertiary/aromatic N) is 2. The first-order chi connectivity index (χ1) is 13.5. The number of aldehydes is 1. The van der Waals surface area contributed by atoms with Crippen LogP contribution in [-0.2, 0) is 4.79 Å². The Balaban J connectivity index is 1.85. The van der Waals surface area contributed by atoms with Crippen LogP contribution in [0.25, 0.3) is 10.8 Å². The van der Waals surface area contributed by atoms with Crippen molar-refractivity contribution in [3.05, 3.63) is 71.8 Å². The molecule has 140 valence electrons. The maximum Gasteiger partial charge on any atom is 0.259 e. The van der Waals surface area contributed by atoms with Gasteiger partial charge in [-0.25, -0.2) is 0 Å². The molecule has 4 rings (SSSR count). The van der Waals surface area contributed by atoms with E-state index in [2.05, 4.69) is 0 Å². The van der Waals surface area contributed by atoms with Crippen molar-refractivity contribution in [3.8, 4) is 0 Å². The topological polar surface area (TPSA) is 57.7 Å². The third-order valence-electron chi connectivity index (χ3n) is 5.22. The minimum atomic E-state index is -0.240. The molecule has 0 aliphatic carbocycles. The molecule has 3 aromatic carbocycles. The fraction of sp³-hybridized carbons (Fsp3) is 0.174. The average molecular weight is 372 g/mol. The highest BCUT2D eigenvalue weighted by Crippen LogP contribution is 2.36. The molecule has 0 spiro atoms. The minimum absolute atomic E-state index is 0.0636. The summed E-state index contributed by atoms with van der Waals surface area (Å²) in [4.78, 5) is 40.8. The van der Waals surface area contributed by atoms with Gasteiger partial charge in [-0.1, -0.05) is 42.5 Å². The van der Waals surface area contributed by atoms with Crippen LogP contribution in [0.1, 0.15) is 34.6 Å². The number of para-hydroxylation sites is 2. The number of benzene rings is 3. The molecule has 0 aromatic heterocycles. The lowest BCUT2D eigenvalue weighted by molar-refractivity contribution is -0.117. The van der Waals surface area contributed by atoms with Crippen molar-refractivity contribution in [1.82, 2.24) is 0 Å². The standard InChI is InChI=1S/C23H20N2O3/c1-15-13-24(21-9-5-6-10-22(21)25(15)16(2)27)23(28)19-12-11-17-7-3-4-8-18(17)20(19)14-26/h3-12,14-15H,13H2,1-2H3/t15-/m0/s1. The van der Waals surface area contributed by atoms with E-state index in [0.717, 1.165) is 17.1 Å². The van der Waals surface area contributed by atoms with Crippen LogP contribution in [0.3, 0.4) is 0 Å². The number of hydrogen-bond acceptors (Lipinski definition) is 3. The predicted molar refractivity (Wildman–Crippen MR) is 110 cm³/mol. The van der Waals surface area contributed by atoms with Crippen molar-refractivity contribution in [3.63, 3.8) is 0 Å². The van der Waals surface area contributed by atoms with Crippen LogP contribution in [0.15, 0.2) is 60.7 Å². The molecule has 1 aliphatic rings. The highest BCUT2D eigenvalue weighted by Gasteiger charge is 2.34. The zero-order chi connectivity index (χ0) is 19.8. The second kappa shape index (κ2) is 6.93. The number of carbonyl (C=O) groups is 3. The van der Waals surface area contributed by atoms with Gasteiger partial charge in [-0.2, -0.15) is 0 Å². The summed E-state index contributed by atoms with van der Waals surface area (Å²) in [5.41, 5.74) is 2.13. The van der Waals surface area contributed by atoms with E-state index in [1.165, 1.54) is 6.92 Å². The zero-order valence-corrected chi connectivity index (χ0v) is 15.8. The highest BCUT2D eigenvalue weighted by atomic mass is 16.2. The number of carbonyl (C=O) groups excluding carboxylic acids is 3. The molecular weight excluding hydrogens is 352 g/mol. The van der Waals surface area contributed by atoms with Gasteiger partial charge in [0.1, 0.15) is 0 Å². The number of fused-ring (bicyclic) bond motifs is 2. The molecule has 0 bridgehead atoms. The molecule has 2 amide bonds. The van der Waals surface area contributed by atoms with Gasteiger partial charge in [-0.05, 0) is 35.9 Å². The summed E-state index contributed by atoms with van der Waals surface area (Å²) in [6, 6.07) is 18.3. The van der Waals surface area contributed by atoms with E-state index < -0.39 is 0 Å². The molecule has 28 heavy (non-hydrogen) atoms. The molecule has 0 saturated carbocycles. The molecule has 5 nitrogen and oxygen atoms in total. The summed E-state index contributed by atoms with van der Waals surface area (Å²) in [6.45, 7) is 3.80. The highest BCUT2D eigenvalue weighted by molar-refractivity contribution is 6.16. The SMILES string of the molecule is CC(=O)N1c2ccccc2N(C(=O)c2ccc3ccccc3c2C=O)C[C@@H]1C. The molecule has 1 atom stereocenters. The smallest absolute Gasteiger partial charge is 0.259 e. The van der Waals surface area contributed by atoms with Gasteiger partial charge in [-0.3, -0.25) is 14.4 Å². The normalized spacial score (nSPS) is 16.0. The van der Waals surface area contributed by atoms with E-state index in [0.29, 0.717) is 29.0 Å². The number of amides is 2. The summed E-state index contributed by atoms with van der Waals surface area (Å²) < 4.78 is 0. The lowest BCUT2D eigenvalue weighted by atomic mass is 9.98. The molecule has 3 aromatic rings. The average Bonchev–Trinajstić information content (AvgIpc) is 2.71. The van der Waals surface area contributed by atoms with Gasteiger partial charge >= 0.3 is 0 Å². The van der Waals surface area contributed by atoms with Gasteiger partial charge in [0, 0.05) is 19.0 Å². The molecule has 0 N–H and O–H groups in total. The Kier molecular flexibility index (Phi) is 4.43. The first-order valence-corrected chi connectivity index (χ1v) is 9.20. The van der Waals surface area contributed by atoms with Crippen LogP contribution in [0.5, 0.6) is 0 Å². The summed E-state index contributed by atoms with van der Waals surface area (Å²) in [6.07, 6.45) is 0.747. The van der Waals surface area contributed by atoms with Gasteiger partial charge in [0.25, 0.3) is 5.91 Å². The molecule has 0 fully saturated rings. The fourth-order valence-corrected chi connectivity index (χ4v) is 4.00. The summed E-state index contributed by atoms with van der Waals surface area (Å²) in [5, 5.41) is 1.67. The lowest BCUT2D eigenvalue weighted by Crippen LogP contribution is -2.51. The van der Waals surface area contributed by atoms with Crippen molar-refractivity contribution in [2.75, 3.05) is 16.3 Å². The van der Waals surface area contributed by atoms with Gasteiger partial charge in [-0.15, -0.1) is 0 Å². The summed E-state index contributed by atoms with van der Waals surface area (Å²) in [5.74, 6) is -0.304. The van der Waals surface area contributed by atoms with Gasteiger partial charge in [0.05, 0.1) is 23.0 Å². The van der Waals surface area contributed by atoms with E-state index >= 15 is 0 Å². The van der Waals surface area contributed by atoms with E-state index in [-0.39, 0.29) is 17.9 Å². The first-order valence-electron chi connectivity index (χ1n) is 9.20. The maximum absolute atomic E-state index is 13.5. The van der Waals surface area contributed by atoms with Gasteiger partial charge in [0.15, 0.2) is 6.29 Å². The molecular formula is C23H20N2O3. The predicted octanol–water partition coefficient (Wildman–Crippen LogP) is 4.05. The van der Waals surface area contributed by atoms with E-state index in [1.54, 1.807) is 15.9 Å². The molecule has 5 heteroatoms. The first kappa shape index (κ1) is 17.9. The third-order valence-corrected chi connectivity index (χ3v) is 5.22. The van der Waals surface area contributed by atoms with Crippen molar-refractivity contribution >= 4 is 40.2 Å². The van der Waals surface area contributed by atoms with Crippen LogP contribution in [0.2, 0.25) is 0 Å². The zero-order valence-electron chi connectivity index (χ0n) is 15.8. The Morgan fingerprint density at radius 2 is 1.64 bits per heavy atom. The Bertz CT molecular complexity index is 1110. The molecule has 0 unspecified atom stereocenters. The minimum Gasteiger partial charge on any atom is -0.306 e. The molecule has 1 aliphatic heterocycles. The van der Waals surface area contributed by atoms with Crippen LogP contribution in [-0.4, -0.2) is 30.7 Å². The van der Waals surface area contributed by atoms with Crippen molar-refractivity contribution in [2.24, 2.45) is 0 Å². The Labute approximate surface area is 163 Å². The number of rotatable bonds is 2. The molecule has 0 radical (unpaired) electrons. The number of hydrogen-bond donors (Lipinski definition) is 0. The van der Waals surface area contributed by atoms with Gasteiger partial charge in [0.2, 0.25) is 5.91 Å². The lowest BCUT2D eigenvalue weighted by Gasteiger charge is -2.40. The van der Waals surface area contributed by atoms with Crippen molar-refractivity contribution in [2.45, 2.75) is 19.9 Å². The van der Waals surface area contributed by atoms with Crippen LogP contribution < -0.4 is 9.80 Å². The summed E-state index contributed by atoms with van der Waals surface area (Å²) >= 11 is 0. The van der Waals surface area contributed by atoms with Crippen molar-refractivity contribution in [1.29, 1.82) is 0 Å². The van der Waals surface area contributed by atoms with Crippen molar-refractivity contribution < 1.29 is 14.4 Å². The molecule has 1 heterocycles. The Morgan fingerprint density at radius 1 is 0.964 bits per heavy atom. The Morgan fingerprint density at radius 3 is 2.36 bits per heavy atom. The summed E-state index contributed by atoms with van der Waals surface area (Å²) in [7, 11) is 0. The third kappa shape index (κ3) is 2.76. The van der Waals surface area contributed by atoms with E-state index in [9.17, 15) is 14.4 Å². The van der Waals surface area contributed by atoms with Crippen LogP contribution >= 0.6 is 0 Å². The fourth-order valence-electron chi connectivity index (χ4n) is 4.00. The monoisotopic (exact) mass is 372 g/mol. The van der Waals surface area contributed by atoms with E-state index in [4.69, 9.17) is 0 Å². The number of anilines is 2.